The molecule has 15 nitrogen and oxygen atoms in total. The zero-order valence-corrected chi connectivity index (χ0v) is 29.6. The maximum Gasteiger partial charge on any atom is 0.306 e. The van der Waals surface area contributed by atoms with Crippen LogP contribution in [-0.2, 0) is 37.0 Å². The highest BCUT2D eigenvalue weighted by molar-refractivity contribution is 7.86. The summed E-state index contributed by atoms with van der Waals surface area (Å²) in [7, 11) is -9.45. The average Bonchev–Trinajstić information content (AvgIpc) is 3.51. The highest BCUT2D eigenvalue weighted by Gasteiger charge is 2.27. The van der Waals surface area contributed by atoms with Crippen LogP contribution < -0.4 is 26.8 Å². The monoisotopic (exact) mass is 746 g/mol. The average molecular weight is 747 g/mol. The Kier molecular flexibility index (Phi) is 10.3. The predicted molar refractivity (Wildman–Crippen MR) is 181 cm³/mol. The molecule has 0 bridgehead atoms. The molecule has 0 amide bonds. The highest BCUT2D eigenvalue weighted by Crippen LogP contribution is 2.52. The molecular weight excluding hydrogens is 717 g/mol. The van der Waals surface area contributed by atoms with Crippen LogP contribution in [0, 0.1) is 0 Å². The minimum atomic E-state index is -4.19. The van der Waals surface area contributed by atoms with Gasteiger partial charge in [-0.05, 0) is 53.6 Å². The lowest BCUT2D eigenvalue weighted by molar-refractivity contribution is 0.279. The van der Waals surface area contributed by atoms with Gasteiger partial charge in [-0.2, -0.15) is 30.2 Å². The van der Waals surface area contributed by atoms with E-state index in [1.807, 2.05) is 18.2 Å². The summed E-state index contributed by atoms with van der Waals surface area (Å²) in [6, 6.07) is 20.6. The van der Waals surface area contributed by atoms with Crippen molar-refractivity contribution < 1.29 is 56.5 Å². The van der Waals surface area contributed by atoms with Gasteiger partial charge in [-0.25, -0.2) is 0 Å². The first kappa shape index (κ1) is 36.0. The zero-order valence-electron chi connectivity index (χ0n) is 27.1. The van der Waals surface area contributed by atoms with E-state index in [-0.39, 0.29) is 63.9 Å². The number of hydrogen-bond donors (Lipinski definition) is 0. The number of nitrogens with zero attached hydrogens (tertiary/aromatic N) is 2. The summed E-state index contributed by atoms with van der Waals surface area (Å²) >= 11 is 0. The van der Waals surface area contributed by atoms with Gasteiger partial charge in [0, 0.05) is 11.1 Å². The van der Waals surface area contributed by atoms with Gasteiger partial charge in [0.15, 0.2) is 29.6 Å². The van der Waals surface area contributed by atoms with Crippen molar-refractivity contribution in [2.75, 3.05) is 33.0 Å². The first-order valence-electron chi connectivity index (χ1n) is 14.3. The van der Waals surface area contributed by atoms with Gasteiger partial charge in [-0.1, -0.05) is 41.6 Å². The number of aromatic nitrogens is 2. The van der Waals surface area contributed by atoms with Gasteiger partial charge in [0.2, 0.25) is 5.82 Å². The van der Waals surface area contributed by atoms with Gasteiger partial charge in [0.05, 0.1) is 38.6 Å². The third kappa shape index (κ3) is 9.01. The normalized spacial score (nSPS) is 11.9. The Morgan fingerprint density at radius 1 is 0.620 bits per heavy atom. The summed E-state index contributed by atoms with van der Waals surface area (Å²) in [6.07, 6.45) is 2.59. The highest BCUT2D eigenvalue weighted by atomic mass is 32.2. The summed E-state index contributed by atoms with van der Waals surface area (Å²) in [5.41, 5.74) is 1.70. The Balaban J connectivity index is 1.60. The smallest absolute Gasteiger partial charge is 0.306 e. The fraction of sp³-hybridized carbons (Fsp3) is 0.188. The quantitative estimate of drug-likeness (QED) is 0.142. The molecule has 4 aromatic carbocycles. The van der Waals surface area contributed by atoms with E-state index in [0.29, 0.717) is 16.7 Å². The number of hydrogen-bond acceptors (Lipinski definition) is 15. The second-order valence-corrected chi connectivity index (χ2v) is 15.3. The lowest BCUT2D eigenvalue weighted by atomic mass is 9.96. The number of rotatable bonds is 14. The molecule has 0 unspecified atom stereocenters. The van der Waals surface area contributed by atoms with Crippen LogP contribution >= 0.6 is 0 Å². The van der Waals surface area contributed by atoms with Crippen molar-refractivity contribution in [1.82, 2.24) is 10.1 Å². The molecule has 5 rings (SSSR count). The van der Waals surface area contributed by atoms with Crippen LogP contribution in [0.15, 0.2) is 83.4 Å². The maximum atomic E-state index is 12.6. The van der Waals surface area contributed by atoms with Crippen molar-refractivity contribution in [3.8, 4) is 68.2 Å². The van der Waals surface area contributed by atoms with Gasteiger partial charge >= 0.3 is 30.4 Å². The SMILES string of the molecule is COc1cc(-c2ccc(OS(C)(=O)=O)cc2)c(OC)c(OS(C)(=O)=O)c1-c1ccc(OCc2noc(-c3ccccc3)n2)c(OS(C)(=O)=O)c1. The molecule has 0 aliphatic rings. The molecule has 0 saturated carbocycles. The van der Waals surface area contributed by atoms with Crippen molar-refractivity contribution in [3.05, 3.63) is 84.7 Å². The third-order valence-electron chi connectivity index (χ3n) is 6.59. The molecule has 18 heteroatoms. The van der Waals surface area contributed by atoms with Gasteiger partial charge in [0.25, 0.3) is 5.89 Å². The molecule has 5 aromatic rings. The molecule has 0 spiro atoms. The van der Waals surface area contributed by atoms with Crippen molar-refractivity contribution in [3.63, 3.8) is 0 Å². The van der Waals surface area contributed by atoms with Crippen LogP contribution in [-0.4, -0.2) is 68.4 Å². The Morgan fingerprint density at radius 2 is 1.26 bits per heavy atom. The molecule has 0 fully saturated rings. The van der Waals surface area contributed by atoms with Crippen LogP contribution in [0.5, 0.6) is 34.5 Å². The van der Waals surface area contributed by atoms with E-state index in [1.54, 1.807) is 12.1 Å². The molecule has 0 atom stereocenters. The van der Waals surface area contributed by atoms with Gasteiger partial charge in [0.1, 0.15) is 11.5 Å². The van der Waals surface area contributed by atoms with Crippen LogP contribution in [0.25, 0.3) is 33.7 Å². The predicted octanol–water partition coefficient (Wildman–Crippen LogP) is 4.68. The molecule has 50 heavy (non-hydrogen) atoms. The number of methoxy groups -OCH3 is 2. The number of benzene rings is 4. The fourth-order valence-electron chi connectivity index (χ4n) is 4.73. The molecule has 0 N–H and O–H groups in total. The van der Waals surface area contributed by atoms with Crippen molar-refractivity contribution >= 4 is 30.4 Å². The molecule has 0 radical (unpaired) electrons. The Labute approximate surface area is 288 Å². The largest absolute Gasteiger partial charge is 0.496 e. The molecular formula is C32H30N2O13S3. The van der Waals surface area contributed by atoms with E-state index in [0.717, 1.165) is 18.8 Å². The molecule has 1 heterocycles. The Hall–Kier alpha value is -5.33. The van der Waals surface area contributed by atoms with Crippen LogP contribution in [0.2, 0.25) is 0 Å². The Bertz CT molecular complexity index is 2340. The minimum Gasteiger partial charge on any atom is -0.496 e. The fourth-order valence-corrected chi connectivity index (χ4v) is 6.11. The van der Waals surface area contributed by atoms with E-state index in [2.05, 4.69) is 10.1 Å². The molecule has 0 saturated heterocycles. The van der Waals surface area contributed by atoms with E-state index < -0.39 is 30.4 Å². The molecule has 0 aliphatic carbocycles. The van der Waals surface area contributed by atoms with Crippen LogP contribution in [0.3, 0.4) is 0 Å². The summed E-state index contributed by atoms with van der Waals surface area (Å²) in [4.78, 5) is 4.31. The van der Waals surface area contributed by atoms with Crippen LogP contribution in [0.1, 0.15) is 5.82 Å². The lowest BCUT2D eigenvalue weighted by Gasteiger charge is -2.21. The molecule has 1 aromatic heterocycles. The van der Waals surface area contributed by atoms with E-state index in [4.69, 9.17) is 31.3 Å². The second-order valence-electron chi connectivity index (χ2n) is 10.6. The molecule has 0 aliphatic heterocycles. The summed E-state index contributed by atoms with van der Waals surface area (Å²) < 4.78 is 111. The maximum absolute atomic E-state index is 12.6. The van der Waals surface area contributed by atoms with Gasteiger partial charge < -0.3 is 31.3 Å². The van der Waals surface area contributed by atoms with Crippen molar-refractivity contribution in [2.24, 2.45) is 0 Å². The topological polar surface area (TPSA) is 197 Å². The summed E-state index contributed by atoms with van der Waals surface area (Å²) in [5, 5.41) is 3.91. The van der Waals surface area contributed by atoms with E-state index >= 15 is 0 Å². The summed E-state index contributed by atoms with van der Waals surface area (Å²) in [6.45, 7) is -0.224. The summed E-state index contributed by atoms with van der Waals surface area (Å²) in [5.74, 6) is -0.0462. The zero-order chi connectivity index (χ0) is 36.3. The van der Waals surface area contributed by atoms with Gasteiger partial charge in [-0.15, -0.1) is 0 Å². The van der Waals surface area contributed by atoms with Crippen LogP contribution in [0.4, 0.5) is 0 Å². The first-order valence-corrected chi connectivity index (χ1v) is 19.7. The van der Waals surface area contributed by atoms with Gasteiger partial charge in [-0.3, -0.25) is 0 Å². The van der Waals surface area contributed by atoms with E-state index in [9.17, 15) is 25.3 Å². The lowest BCUT2D eigenvalue weighted by Crippen LogP contribution is -2.10. The number of ether oxygens (including phenoxy) is 3. The van der Waals surface area contributed by atoms with Crippen molar-refractivity contribution in [2.45, 2.75) is 6.61 Å². The minimum absolute atomic E-state index is 0.0187. The molecule has 264 valence electrons. The second kappa shape index (κ2) is 14.3. The van der Waals surface area contributed by atoms with E-state index in [1.165, 1.54) is 62.8 Å². The standard InChI is InChI=1S/C32H30N2O13S3/c1-41-27-18-24(20-11-14-23(15-12-20)45-48(3,35)36)30(42-2)31(47-50(5,39)40)29(27)22-13-16-25(26(17-22)46-49(4,37)38)43-19-28-33-32(44-34-28)21-9-7-6-8-10-21/h6-18H,19H2,1-5H3. The first-order chi connectivity index (χ1) is 23.5. The third-order valence-corrected chi connectivity index (χ3v) is 8.04. The van der Waals surface area contributed by atoms with Crippen molar-refractivity contribution in [1.29, 1.82) is 0 Å². The Morgan fingerprint density at radius 3 is 1.86 bits per heavy atom.